The molecule has 2 atom stereocenters. The van der Waals surface area contributed by atoms with Gasteiger partial charge in [-0.05, 0) is 123 Å². The van der Waals surface area contributed by atoms with Crippen LogP contribution in [0.5, 0.6) is 0 Å². The second-order valence-corrected chi connectivity index (χ2v) is 24.7. The molecule has 0 saturated carbocycles. The number of aryl methyl sites for hydroxylation is 3. The zero-order chi connectivity index (χ0) is 71.3. The molecule has 0 aliphatic heterocycles. The molecule has 514 valence electrons. The molecule has 0 aliphatic carbocycles. The quantitative estimate of drug-likeness (QED) is 0.0333. The summed E-state index contributed by atoms with van der Waals surface area (Å²) >= 11 is 77.1. The van der Waals surface area contributed by atoms with E-state index < -0.39 is 59.5 Å². The number of carbonyl (C=O) groups is 3. The zero-order valence-corrected chi connectivity index (χ0v) is 60.8. The number of amides is 2. The van der Waals surface area contributed by atoms with Crippen LogP contribution in [0.15, 0.2) is 78.0 Å². The minimum atomic E-state index is -2.90. The summed E-state index contributed by atoms with van der Waals surface area (Å²) < 4.78 is 80.1. The Morgan fingerprint density at radius 2 is 0.894 bits per heavy atom. The Kier molecular flexibility index (Phi) is 35.5. The third-order valence-corrected chi connectivity index (χ3v) is 15.8. The number of hydrogen-bond donors (Lipinski definition) is 1. The highest BCUT2D eigenvalue weighted by atomic mass is 35.5. The molecule has 0 aliphatic rings. The number of hydroxylamine groups is 5. The minimum Gasteiger partial charge on any atom is -0.399 e. The number of aromatic nitrogens is 6. The standard InChI is InChI=1S/C16H16Cl3F2N3O2.C16H14Cl3F2N3O2.C10H12Cl3NO.C10H10Cl3NO.C6H5ClF2N2O/c2*1-8(4-10-12(18)5-9(17)6-13(10)19)24(26-3)16(25)11-7-23(2)22-14(11)15(20)21;2*1-6(14-15-2)3-8-9(12)4-7(11)5-10(8)13;1-11-2-3(5(7)12)4(10-11)6(8)9/h5-8,15H,4H2,1-3H3;4-7,15H,1-3H3;4-6,14H,3H2,1-2H3;4-5H,3H2,1-2H3;2,6H,1H3/b;8-4+;;;/t8-;;6-;;/m0.0../s1. The topological polar surface area (TPSA) is 172 Å². The Bertz CT molecular complexity index is 3710. The van der Waals surface area contributed by atoms with Gasteiger partial charge in [0.05, 0.1) is 59.8 Å². The van der Waals surface area contributed by atoms with Crippen molar-refractivity contribution in [3.05, 3.63) is 189 Å². The summed E-state index contributed by atoms with van der Waals surface area (Å²) in [6, 6.07) is 12.3. The van der Waals surface area contributed by atoms with Gasteiger partial charge in [0.15, 0.2) is 0 Å². The van der Waals surface area contributed by atoms with E-state index in [1.165, 1.54) is 85.2 Å². The SMILES string of the molecule is CON(C(=O)c1cn(C)nc1C(F)F)/C(C)=C/c1c(Cl)cc(Cl)cc1Cl.CON(C(=O)c1cn(C)nc1C(F)F)[C@@H](C)Cc1c(Cl)cc(Cl)cc1Cl.CON=C(C)Cc1c(Cl)cc(Cl)cc1Cl.CON[C@@H](C)Cc1c(Cl)cc(Cl)cc1Cl.Cn1cc(C(=O)Cl)c(C(F)F)n1. The van der Waals surface area contributed by atoms with E-state index in [-0.39, 0.29) is 44.9 Å². The van der Waals surface area contributed by atoms with Gasteiger partial charge < -0.3 is 9.68 Å². The van der Waals surface area contributed by atoms with Crippen LogP contribution in [0.1, 0.15) is 117 Å². The fourth-order valence-corrected chi connectivity index (χ4v) is 12.1. The Hall–Kier alpha value is -4.48. The monoisotopic (exact) mass is 1570 g/mol. The van der Waals surface area contributed by atoms with Gasteiger partial charge in [-0.2, -0.15) is 25.8 Å². The number of oxime groups is 1. The molecule has 4 aromatic carbocycles. The molecule has 0 fully saturated rings. The highest BCUT2D eigenvalue weighted by molar-refractivity contribution is 6.67. The maximum Gasteiger partial charge on any atom is 0.285 e. The Labute approximate surface area is 602 Å². The van der Waals surface area contributed by atoms with Crippen LogP contribution in [-0.4, -0.2) is 103 Å². The number of rotatable bonds is 20. The third-order valence-electron chi connectivity index (χ3n) is 12.1. The maximum absolute atomic E-state index is 13.1. The fourth-order valence-electron chi connectivity index (χ4n) is 8.16. The number of carbonyl (C=O) groups excluding carboxylic acids is 3. The predicted octanol–water partition coefficient (Wildman–Crippen LogP) is 20.0. The van der Waals surface area contributed by atoms with Gasteiger partial charge in [-0.25, -0.2) is 31.4 Å². The molecular weight excluding hydrogens is 1520 g/mol. The van der Waals surface area contributed by atoms with Crippen molar-refractivity contribution >= 4 is 180 Å². The van der Waals surface area contributed by atoms with Crippen molar-refractivity contribution in [1.29, 1.82) is 0 Å². The van der Waals surface area contributed by atoms with Gasteiger partial charge in [-0.15, -0.1) is 0 Å². The van der Waals surface area contributed by atoms with E-state index in [0.717, 1.165) is 47.2 Å². The molecule has 2 amide bonds. The van der Waals surface area contributed by atoms with Crippen molar-refractivity contribution in [2.45, 2.75) is 78.3 Å². The van der Waals surface area contributed by atoms with Gasteiger partial charge in [0, 0.05) is 114 Å². The molecule has 7 aromatic rings. The summed E-state index contributed by atoms with van der Waals surface area (Å²) in [5.41, 5.74) is 3.99. The molecule has 0 radical (unpaired) electrons. The van der Waals surface area contributed by atoms with Gasteiger partial charge in [-0.3, -0.25) is 38.1 Å². The Morgan fingerprint density at radius 1 is 0.543 bits per heavy atom. The van der Waals surface area contributed by atoms with Crippen LogP contribution in [0.25, 0.3) is 6.08 Å². The molecule has 1 N–H and O–H groups in total. The summed E-state index contributed by atoms with van der Waals surface area (Å²) in [7, 11) is 9.91. The fraction of sp³-hybridized carbons (Fsp3) is 0.328. The van der Waals surface area contributed by atoms with Crippen LogP contribution < -0.4 is 5.48 Å². The first kappa shape index (κ1) is 83.7. The van der Waals surface area contributed by atoms with Crippen molar-refractivity contribution in [1.82, 2.24) is 44.9 Å². The second-order valence-electron chi connectivity index (χ2n) is 19.4. The first-order chi connectivity index (χ1) is 43.9. The van der Waals surface area contributed by atoms with E-state index in [9.17, 15) is 40.7 Å². The number of nitrogens with one attached hydrogen (secondary N) is 1. The molecule has 36 heteroatoms. The van der Waals surface area contributed by atoms with E-state index in [2.05, 4.69) is 30.8 Å². The highest BCUT2D eigenvalue weighted by Crippen LogP contribution is 2.36. The average Bonchev–Trinajstić information content (AvgIpc) is 1.53. The number of nitrogens with zero attached hydrogens (tertiary/aromatic N) is 9. The zero-order valence-electron chi connectivity index (χ0n) is 51.0. The van der Waals surface area contributed by atoms with Gasteiger partial charge in [-0.1, -0.05) is 144 Å². The van der Waals surface area contributed by atoms with Gasteiger partial charge >= 0.3 is 0 Å². The lowest BCUT2D eigenvalue weighted by atomic mass is 10.1. The predicted molar refractivity (Wildman–Crippen MR) is 361 cm³/mol. The van der Waals surface area contributed by atoms with Crippen LogP contribution in [0.2, 0.25) is 60.3 Å². The lowest BCUT2D eigenvalue weighted by Gasteiger charge is -2.27. The van der Waals surface area contributed by atoms with Crippen LogP contribution in [-0.2, 0) is 59.8 Å². The summed E-state index contributed by atoms with van der Waals surface area (Å²) in [6.45, 7) is 7.04. The first-order valence-electron chi connectivity index (χ1n) is 26.4. The lowest BCUT2D eigenvalue weighted by Crippen LogP contribution is -2.39. The van der Waals surface area contributed by atoms with E-state index in [1.807, 2.05) is 13.8 Å². The first-order valence-corrected chi connectivity index (χ1v) is 31.3. The van der Waals surface area contributed by atoms with Crippen LogP contribution >= 0.6 is 151 Å². The molecule has 0 spiro atoms. The second kappa shape index (κ2) is 39.8. The number of hydrogen-bond acceptors (Lipinski definition) is 12. The van der Waals surface area contributed by atoms with Crippen LogP contribution in [0.3, 0.4) is 0 Å². The number of halogens is 19. The minimum absolute atomic E-state index is 0.131. The largest absolute Gasteiger partial charge is 0.399 e. The maximum atomic E-state index is 13.1. The molecular formula is C58H57Cl13F6N10O7. The molecule has 17 nitrogen and oxygen atoms in total. The molecule has 3 aromatic heterocycles. The van der Waals surface area contributed by atoms with Crippen molar-refractivity contribution in [3.63, 3.8) is 0 Å². The van der Waals surface area contributed by atoms with Gasteiger partial charge in [0.25, 0.3) is 36.3 Å². The highest BCUT2D eigenvalue weighted by Gasteiger charge is 2.31. The summed E-state index contributed by atoms with van der Waals surface area (Å²) in [4.78, 5) is 55.6. The number of benzene rings is 4. The van der Waals surface area contributed by atoms with Crippen molar-refractivity contribution in [2.24, 2.45) is 26.3 Å². The van der Waals surface area contributed by atoms with Crippen LogP contribution in [0.4, 0.5) is 26.3 Å². The Morgan fingerprint density at radius 3 is 1.23 bits per heavy atom. The smallest absolute Gasteiger partial charge is 0.285 e. The molecule has 94 heavy (non-hydrogen) atoms. The van der Waals surface area contributed by atoms with Crippen molar-refractivity contribution in [3.8, 4) is 0 Å². The molecule has 3 heterocycles. The number of allylic oxidation sites excluding steroid dienone is 1. The molecule has 7 rings (SSSR count). The van der Waals surface area contributed by atoms with E-state index in [4.69, 9.17) is 165 Å². The van der Waals surface area contributed by atoms with Gasteiger partial charge in [0.2, 0.25) is 0 Å². The summed E-state index contributed by atoms with van der Waals surface area (Å²) in [6.07, 6.45) is -2.02. The van der Waals surface area contributed by atoms with Crippen molar-refractivity contribution < 1.29 is 60.1 Å². The van der Waals surface area contributed by atoms with Gasteiger partial charge in [0.1, 0.15) is 24.2 Å². The average molecular weight is 1580 g/mol. The van der Waals surface area contributed by atoms with E-state index in [0.29, 0.717) is 74.2 Å². The number of alkyl halides is 6. The molecule has 0 saturated heterocycles. The molecule has 0 bridgehead atoms. The van der Waals surface area contributed by atoms with Crippen molar-refractivity contribution in [2.75, 3.05) is 28.4 Å². The summed E-state index contributed by atoms with van der Waals surface area (Å²) in [5.74, 6) is -1.53. The normalized spacial score (nSPS) is 12.1. The third kappa shape index (κ3) is 25.1. The van der Waals surface area contributed by atoms with E-state index >= 15 is 0 Å². The summed E-state index contributed by atoms with van der Waals surface area (Å²) in [5, 5.41) is 20.6. The molecule has 0 unspecified atom stereocenters. The van der Waals surface area contributed by atoms with E-state index in [1.54, 1.807) is 45.2 Å². The van der Waals surface area contributed by atoms with Crippen LogP contribution in [0, 0.1) is 0 Å². The lowest BCUT2D eigenvalue weighted by molar-refractivity contribution is -0.119. The Balaban J connectivity index is 0.000000317.